The number of nitrogens with one attached hydrogen (secondary N) is 2. The van der Waals surface area contributed by atoms with Gasteiger partial charge in [0.2, 0.25) is 5.95 Å². The number of hydrogen-bond donors (Lipinski definition) is 2. The van der Waals surface area contributed by atoms with Crippen LogP contribution in [-0.2, 0) is 0 Å². The molecule has 0 bridgehead atoms. The van der Waals surface area contributed by atoms with E-state index < -0.39 is 0 Å². The van der Waals surface area contributed by atoms with Crippen LogP contribution in [0.15, 0.2) is 67.0 Å². The fourth-order valence-corrected chi connectivity index (χ4v) is 4.36. The van der Waals surface area contributed by atoms with Crippen LogP contribution in [-0.4, -0.2) is 20.9 Å². The maximum Gasteiger partial charge on any atom is 0.256 e. The number of benzene rings is 1. The first-order valence-electron chi connectivity index (χ1n) is 9.95. The topological polar surface area (TPSA) is 79.8 Å². The molecular formula is C24H23N5OS. The normalized spacial score (nSPS) is 11.7. The average Bonchev–Trinajstić information content (AvgIpc) is 3.12. The Morgan fingerprint density at radius 3 is 2.39 bits per heavy atom. The summed E-state index contributed by atoms with van der Waals surface area (Å²) in [4.78, 5) is 27.3. The Balaban J connectivity index is 1.72. The van der Waals surface area contributed by atoms with Crippen molar-refractivity contribution in [3.8, 4) is 0 Å². The van der Waals surface area contributed by atoms with Gasteiger partial charge < -0.3 is 10.6 Å². The SMILES string of the molecule is Cc1cc(C)nc(N[C@H](c2cccnc2)c2cc(C)sc2NC(=O)c2ccccc2)n1. The maximum absolute atomic E-state index is 12.8. The Kier molecular flexibility index (Phi) is 6.04. The zero-order valence-electron chi connectivity index (χ0n) is 17.6. The maximum atomic E-state index is 12.8. The molecule has 4 rings (SSSR count). The van der Waals surface area contributed by atoms with Gasteiger partial charge in [-0.15, -0.1) is 11.3 Å². The van der Waals surface area contributed by atoms with Gasteiger partial charge in [-0.3, -0.25) is 9.78 Å². The Hall–Kier alpha value is -3.58. The van der Waals surface area contributed by atoms with E-state index in [0.29, 0.717) is 11.5 Å². The van der Waals surface area contributed by atoms with E-state index in [1.54, 1.807) is 29.7 Å². The third-order valence-electron chi connectivity index (χ3n) is 4.73. The zero-order valence-corrected chi connectivity index (χ0v) is 18.4. The molecule has 1 amide bonds. The Labute approximate surface area is 185 Å². The number of hydrogen-bond acceptors (Lipinski definition) is 6. The summed E-state index contributed by atoms with van der Waals surface area (Å²) >= 11 is 1.54. The van der Waals surface area contributed by atoms with Crippen LogP contribution in [0.3, 0.4) is 0 Å². The number of carbonyl (C=O) groups is 1. The molecule has 3 aromatic heterocycles. The summed E-state index contributed by atoms with van der Waals surface area (Å²) in [6.45, 7) is 5.92. The summed E-state index contributed by atoms with van der Waals surface area (Å²) in [7, 11) is 0. The first-order chi connectivity index (χ1) is 15.0. The van der Waals surface area contributed by atoms with Crippen LogP contribution in [0.5, 0.6) is 0 Å². The van der Waals surface area contributed by atoms with Gasteiger partial charge in [-0.2, -0.15) is 0 Å². The van der Waals surface area contributed by atoms with Crippen LogP contribution in [0.2, 0.25) is 0 Å². The van der Waals surface area contributed by atoms with Crippen molar-refractivity contribution < 1.29 is 4.79 Å². The second-order valence-corrected chi connectivity index (χ2v) is 8.56. The van der Waals surface area contributed by atoms with Gasteiger partial charge in [0.1, 0.15) is 5.00 Å². The van der Waals surface area contributed by atoms with Crippen molar-refractivity contribution in [2.75, 3.05) is 10.6 Å². The van der Waals surface area contributed by atoms with E-state index in [0.717, 1.165) is 32.4 Å². The number of nitrogens with zero attached hydrogens (tertiary/aromatic N) is 3. The van der Waals surface area contributed by atoms with Crippen LogP contribution in [0, 0.1) is 20.8 Å². The lowest BCUT2D eigenvalue weighted by Crippen LogP contribution is -2.18. The molecule has 0 radical (unpaired) electrons. The molecule has 3 heterocycles. The van der Waals surface area contributed by atoms with Gasteiger partial charge in [0.25, 0.3) is 5.91 Å². The van der Waals surface area contributed by atoms with E-state index in [1.165, 1.54) is 0 Å². The highest BCUT2D eigenvalue weighted by molar-refractivity contribution is 7.16. The molecule has 1 atom stereocenters. The molecule has 0 unspecified atom stereocenters. The number of rotatable bonds is 6. The van der Waals surface area contributed by atoms with Crippen LogP contribution < -0.4 is 10.6 Å². The van der Waals surface area contributed by atoms with Crippen molar-refractivity contribution in [2.24, 2.45) is 0 Å². The average molecular weight is 430 g/mol. The van der Waals surface area contributed by atoms with Gasteiger partial charge in [-0.05, 0) is 56.7 Å². The standard InChI is InChI=1S/C24H23N5OS/c1-15-12-16(2)27-24(26-15)28-21(19-10-7-11-25-14-19)20-13-17(3)31-23(20)29-22(30)18-8-5-4-6-9-18/h4-14,21H,1-3H3,(H,29,30)(H,26,27,28)/t21-/m1/s1. The summed E-state index contributed by atoms with van der Waals surface area (Å²) in [6.07, 6.45) is 3.56. The number of aryl methyl sites for hydroxylation is 3. The van der Waals surface area contributed by atoms with Crippen molar-refractivity contribution in [1.29, 1.82) is 0 Å². The molecule has 0 saturated heterocycles. The molecule has 0 aliphatic carbocycles. The van der Waals surface area contributed by atoms with Crippen molar-refractivity contribution in [3.63, 3.8) is 0 Å². The van der Waals surface area contributed by atoms with Gasteiger partial charge in [-0.25, -0.2) is 9.97 Å². The molecule has 7 heteroatoms. The third kappa shape index (κ3) is 4.95. The third-order valence-corrected chi connectivity index (χ3v) is 5.71. The van der Waals surface area contributed by atoms with Gasteiger partial charge in [0, 0.05) is 39.8 Å². The fraction of sp³-hybridized carbons (Fsp3) is 0.167. The number of thiophene rings is 1. The number of aromatic nitrogens is 3. The second-order valence-electron chi connectivity index (χ2n) is 7.30. The van der Waals surface area contributed by atoms with Crippen LogP contribution >= 0.6 is 11.3 Å². The van der Waals surface area contributed by atoms with E-state index in [2.05, 4.69) is 31.7 Å². The van der Waals surface area contributed by atoms with Crippen molar-refractivity contribution in [2.45, 2.75) is 26.8 Å². The monoisotopic (exact) mass is 429 g/mol. The molecule has 0 aliphatic heterocycles. The van der Waals surface area contributed by atoms with Crippen LogP contribution in [0.1, 0.15) is 43.8 Å². The number of anilines is 2. The molecule has 156 valence electrons. The molecule has 6 nitrogen and oxygen atoms in total. The van der Waals surface area contributed by atoms with Crippen molar-refractivity contribution >= 4 is 28.2 Å². The Morgan fingerprint density at radius 2 is 1.71 bits per heavy atom. The second kappa shape index (κ2) is 9.06. The highest BCUT2D eigenvalue weighted by atomic mass is 32.1. The molecule has 1 aromatic carbocycles. The number of pyridine rings is 1. The van der Waals surface area contributed by atoms with Crippen LogP contribution in [0.25, 0.3) is 0 Å². The first-order valence-corrected chi connectivity index (χ1v) is 10.8. The minimum atomic E-state index is -0.272. The van der Waals surface area contributed by atoms with Crippen molar-refractivity contribution in [1.82, 2.24) is 15.0 Å². The summed E-state index contributed by atoms with van der Waals surface area (Å²) < 4.78 is 0. The van der Waals surface area contributed by atoms with Crippen LogP contribution in [0.4, 0.5) is 10.9 Å². The highest BCUT2D eigenvalue weighted by Gasteiger charge is 2.23. The molecular weight excluding hydrogens is 406 g/mol. The molecule has 0 spiro atoms. The summed E-state index contributed by atoms with van der Waals surface area (Å²) in [6, 6.07) is 16.8. The lowest BCUT2D eigenvalue weighted by molar-refractivity contribution is 0.102. The van der Waals surface area contributed by atoms with Gasteiger partial charge in [0.15, 0.2) is 0 Å². The molecule has 2 N–H and O–H groups in total. The van der Waals surface area contributed by atoms with E-state index in [9.17, 15) is 4.79 Å². The summed E-state index contributed by atoms with van der Waals surface area (Å²) in [5.41, 5.74) is 4.29. The lowest BCUT2D eigenvalue weighted by Gasteiger charge is -2.20. The van der Waals surface area contributed by atoms with E-state index in [4.69, 9.17) is 0 Å². The molecule has 0 aliphatic rings. The van der Waals surface area contributed by atoms with Crippen molar-refractivity contribution in [3.05, 3.63) is 99.9 Å². The molecule has 31 heavy (non-hydrogen) atoms. The van der Waals surface area contributed by atoms with E-state index >= 15 is 0 Å². The zero-order chi connectivity index (χ0) is 21.8. The molecule has 4 aromatic rings. The largest absolute Gasteiger partial charge is 0.343 e. The first kappa shape index (κ1) is 20.7. The lowest BCUT2D eigenvalue weighted by atomic mass is 10.0. The predicted octanol–water partition coefficient (Wildman–Crippen LogP) is 5.31. The van der Waals surface area contributed by atoms with Gasteiger partial charge in [-0.1, -0.05) is 24.3 Å². The Morgan fingerprint density at radius 1 is 0.968 bits per heavy atom. The predicted molar refractivity (Wildman–Crippen MR) is 125 cm³/mol. The summed E-state index contributed by atoms with van der Waals surface area (Å²) in [5, 5.41) is 7.33. The number of amides is 1. The fourth-order valence-electron chi connectivity index (χ4n) is 3.42. The number of carbonyl (C=O) groups excluding carboxylic acids is 1. The minimum absolute atomic E-state index is 0.142. The smallest absolute Gasteiger partial charge is 0.256 e. The van der Waals surface area contributed by atoms with Gasteiger partial charge >= 0.3 is 0 Å². The van der Waals surface area contributed by atoms with E-state index in [-0.39, 0.29) is 11.9 Å². The quantitative estimate of drug-likeness (QED) is 0.434. The molecule has 0 saturated carbocycles. The Bertz CT molecular complexity index is 1170. The minimum Gasteiger partial charge on any atom is -0.343 e. The molecule has 0 fully saturated rings. The highest BCUT2D eigenvalue weighted by Crippen LogP contribution is 2.37. The van der Waals surface area contributed by atoms with E-state index in [1.807, 2.05) is 63.4 Å². The van der Waals surface area contributed by atoms with Gasteiger partial charge in [0.05, 0.1) is 6.04 Å². The summed E-state index contributed by atoms with van der Waals surface area (Å²) in [5.74, 6) is 0.395.